The van der Waals surface area contributed by atoms with E-state index in [9.17, 15) is 37.1 Å². The number of alkyl halides is 5. The minimum Gasteiger partial charge on any atom is -0.377 e. The maximum atomic E-state index is 15.8. The minimum absolute atomic E-state index is 0.0253. The average Bonchev–Trinajstić information content (AvgIpc) is 0.900. The fraction of sp³-hybridized carbons (Fsp3) is 0.821. The van der Waals surface area contributed by atoms with Crippen LogP contribution in [0.2, 0.25) is 0 Å². The number of nitrogens with one attached hydrogen (secondary N) is 3. The van der Waals surface area contributed by atoms with Gasteiger partial charge in [-0.1, -0.05) is 119 Å². The van der Waals surface area contributed by atoms with Crippen molar-refractivity contribution in [1.82, 2.24) is 60.0 Å². The van der Waals surface area contributed by atoms with E-state index < -0.39 is 223 Å². The number of amides is 12. The van der Waals surface area contributed by atoms with Crippen LogP contribution in [-0.4, -0.2) is 282 Å². The lowest BCUT2D eigenvalue weighted by Gasteiger charge is -2.54. The average molecular weight is 1530 g/mol. The van der Waals surface area contributed by atoms with E-state index >= 15 is 42.3 Å². The first kappa shape index (κ1) is 88.2. The Kier molecular flexibility index (Phi) is 30.9. The number of ether oxygens (including phenoxy) is 1. The topological polar surface area (TPSA) is 279 Å². The lowest BCUT2D eigenvalue weighted by molar-refractivity contribution is -0.219. The molecule has 2 saturated heterocycles. The normalized spacial score (nSPS) is 32.1. The van der Waals surface area contributed by atoms with E-state index in [1.807, 2.05) is 47.6 Å². The van der Waals surface area contributed by atoms with Crippen molar-refractivity contribution in [3.8, 4) is 0 Å². The van der Waals surface area contributed by atoms with Crippen molar-refractivity contribution in [2.45, 2.75) is 288 Å². The first-order valence-corrected chi connectivity index (χ1v) is 39.7. The molecule has 0 aromatic rings. The molecule has 4 saturated carbocycles. The number of carbonyl (C=O) groups excluding carboxylic acids is 12. The Labute approximate surface area is 635 Å². The molecule has 3 heterocycles. The molecule has 0 radical (unpaired) electrons. The Morgan fingerprint density at radius 1 is 0.657 bits per heavy atom. The molecule has 0 aromatic carbocycles. The van der Waals surface area contributed by atoms with Crippen molar-refractivity contribution in [2.24, 2.45) is 40.9 Å². The fourth-order valence-corrected chi connectivity index (χ4v) is 17.7. The van der Waals surface area contributed by atoms with Crippen LogP contribution < -0.4 is 16.0 Å². The second kappa shape index (κ2) is 37.8. The SMILES string of the molecule is CCC[C@H]1C(=O)N[C@@H]([C@@H](C)CC)C(=O)N(C2CC2)CC(=O)N(C)[C@H]2C/C=C\CCN(C2=O)[C@@H](CC2CCC(C)CC2)C(=O)N(C)CC(=O)N[C@@H](CCC2CC(F)C(C(F)(F)F)C(F)C2)C(=O)N2C[C@H](OCC)C[C@H]2C(=O)NC2(CC(C)(C)C2)C(=O)N(C)[C@@H](C(CC)CC)C(=O)N(C)[C@H](C(=O)N(C)C)CC(=O)N1C. The largest absolute Gasteiger partial charge is 0.397 e. The molecule has 12 atom stereocenters. The van der Waals surface area contributed by atoms with E-state index in [1.165, 1.54) is 83.6 Å². The summed E-state index contributed by atoms with van der Waals surface area (Å²) in [5.41, 5.74) is -2.31. The highest BCUT2D eigenvalue weighted by atomic mass is 19.4. The van der Waals surface area contributed by atoms with Crippen LogP contribution in [0.25, 0.3) is 0 Å². The molecule has 4 aliphatic carbocycles. The van der Waals surface area contributed by atoms with E-state index in [1.54, 1.807) is 19.9 Å². The van der Waals surface area contributed by atoms with Crippen LogP contribution >= 0.6 is 0 Å². The van der Waals surface area contributed by atoms with Crippen LogP contribution in [0.1, 0.15) is 204 Å². The number of halogens is 5. The maximum Gasteiger partial charge on any atom is 0.397 e. The minimum atomic E-state index is -5.18. The highest BCUT2D eigenvalue weighted by Crippen LogP contribution is 2.50. The number of nitrogens with zero attached hydrogens (tertiary/aromatic N) is 9. The lowest BCUT2D eigenvalue weighted by Crippen LogP contribution is -2.71. The van der Waals surface area contributed by atoms with E-state index in [-0.39, 0.29) is 70.6 Å². The summed E-state index contributed by atoms with van der Waals surface area (Å²) >= 11 is 0. The smallest absolute Gasteiger partial charge is 0.377 e. The molecular formula is C78H125F5N12O13. The summed E-state index contributed by atoms with van der Waals surface area (Å²) in [5.74, 6) is -13.1. The molecule has 7 aliphatic rings. The van der Waals surface area contributed by atoms with E-state index in [4.69, 9.17) is 4.74 Å². The molecule has 7 rings (SSSR count). The molecule has 12 amide bonds. The molecule has 6 fully saturated rings. The van der Waals surface area contributed by atoms with E-state index in [0.717, 1.165) is 35.5 Å². The van der Waals surface area contributed by atoms with Gasteiger partial charge in [-0.2, -0.15) is 13.2 Å². The van der Waals surface area contributed by atoms with Gasteiger partial charge in [-0.15, -0.1) is 0 Å². The van der Waals surface area contributed by atoms with Crippen molar-refractivity contribution >= 4 is 70.9 Å². The van der Waals surface area contributed by atoms with Gasteiger partial charge in [-0.05, 0) is 119 Å². The van der Waals surface area contributed by atoms with E-state index in [2.05, 4.69) is 22.9 Å². The Bertz CT molecular complexity index is 3220. The summed E-state index contributed by atoms with van der Waals surface area (Å²) in [6.45, 7) is 15.4. The highest BCUT2D eigenvalue weighted by molar-refractivity contribution is 6.01. The first-order valence-electron chi connectivity index (χ1n) is 39.7. The zero-order valence-electron chi connectivity index (χ0n) is 66.9. The van der Waals surface area contributed by atoms with E-state index in [0.29, 0.717) is 50.9 Å². The van der Waals surface area contributed by atoms with Crippen molar-refractivity contribution in [3.63, 3.8) is 0 Å². The fourth-order valence-electron chi connectivity index (χ4n) is 17.7. The quantitative estimate of drug-likeness (QED) is 0.104. The number of fused-ring (bicyclic) bond motifs is 3. The van der Waals surface area contributed by atoms with Gasteiger partial charge in [0.05, 0.1) is 19.1 Å². The van der Waals surface area contributed by atoms with Crippen LogP contribution in [0.15, 0.2) is 12.2 Å². The number of hydrogen-bond donors (Lipinski definition) is 3. The van der Waals surface area contributed by atoms with Crippen LogP contribution in [0.4, 0.5) is 22.0 Å². The van der Waals surface area contributed by atoms with Gasteiger partial charge in [0.15, 0.2) is 0 Å². The summed E-state index contributed by atoms with van der Waals surface area (Å²) in [6.07, 6.45) is -4.01. The molecule has 1 spiro atoms. The molecular weight excluding hydrogens is 1410 g/mol. The predicted octanol–water partition coefficient (Wildman–Crippen LogP) is 6.98. The molecule has 25 nitrogen and oxygen atoms in total. The molecule has 3 aliphatic heterocycles. The number of hydrogen-bond acceptors (Lipinski definition) is 13. The second-order valence-corrected chi connectivity index (χ2v) is 33.4. The van der Waals surface area contributed by atoms with Gasteiger partial charge in [-0.3, -0.25) is 57.5 Å². The summed E-state index contributed by atoms with van der Waals surface area (Å²) in [4.78, 5) is 194. The number of rotatable bonds is 16. The Morgan fingerprint density at radius 3 is 1.84 bits per heavy atom. The summed E-state index contributed by atoms with van der Waals surface area (Å²) in [5, 5.41) is 8.71. The molecule has 108 heavy (non-hydrogen) atoms. The Balaban J connectivity index is 1.35. The maximum absolute atomic E-state index is 15.8. The highest BCUT2D eigenvalue weighted by Gasteiger charge is 2.60. The van der Waals surface area contributed by atoms with Gasteiger partial charge in [0.2, 0.25) is 70.9 Å². The third kappa shape index (κ3) is 21.2. The second-order valence-electron chi connectivity index (χ2n) is 33.4. The summed E-state index contributed by atoms with van der Waals surface area (Å²) in [6, 6.07) is -11.1. The Morgan fingerprint density at radius 2 is 1.29 bits per heavy atom. The standard InChI is InChI=1S/C78H125F5N12O13/c1-17-25-56-67(99)85-65(47(7)18-2)73(105)94(51-32-33-51)43-63(98)90(14)57-26-23-22-24-35-93(72(57)104)60(38-48-29-27-46(6)28-30-48)71(103)88(12)42-61(96)84-55(34-31-49-36-53(79)64(54(80)37-49)78(81,82)83)69(101)95-41-52(108-21-5)39-58(95)68(100)86-77(44-76(8,9)45-77)75(107)92(16)66(50(19-3)20-4)74(106)91(15)59(70(102)87(10)11)40-62(97)89(56)13/h22-23,46-60,64-66H,17-21,24-45H2,1-16H3,(H,84,96)(H,85,99)(H,86,100)/b23-22-/t46?,47-,48?,49?,52+,53?,54?,55-,56-,57-,58-,59-,60-,64?,65-,66-/m0/s1. The zero-order chi connectivity index (χ0) is 80.4. The molecule has 30 heteroatoms. The summed E-state index contributed by atoms with van der Waals surface area (Å²) < 4.78 is 79.2. The third-order valence-corrected chi connectivity index (χ3v) is 24.4. The van der Waals surface area contributed by atoms with Gasteiger partial charge < -0.3 is 64.8 Å². The number of carbonyl (C=O) groups is 12. The predicted molar refractivity (Wildman–Crippen MR) is 395 cm³/mol. The monoisotopic (exact) mass is 1530 g/mol. The van der Waals surface area contributed by atoms with Crippen molar-refractivity contribution in [3.05, 3.63) is 12.2 Å². The van der Waals surface area contributed by atoms with Crippen molar-refractivity contribution < 1.29 is 84.2 Å². The van der Waals surface area contributed by atoms with Crippen molar-refractivity contribution in [1.29, 1.82) is 0 Å². The molecule has 0 aromatic heterocycles. The Hall–Kier alpha value is -7.01. The van der Waals surface area contributed by atoms with Crippen LogP contribution in [-0.2, 0) is 62.3 Å². The molecule has 3 N–H and O–H groups in total. The van der Waals surface area contributed by atoms with Gasteiger partial charge in [0, 0.05) is 81.5 Å². The third-order valence-electron chi connectivity index (χ3n) is 24.4. The van der Waals surface area contributed by atoms with Gasteiger partial charge in [0.25, 0.3) is 0 Å². The molecule has 2 unspecified atom stereocenters. The van der Waals surface area contributed by atoms with Gasteiger partial charge >= 0.3 is 6.18 Å². The summed E-state index contributed by atoms with van der Waals surface area (Å²) in [7, 11) is 9.94. The molecule has 610 valence electrons. The molecule has 2 bridgehead atoms. The van der Waals surface area contributed by atoms with Crippen LogP contribution in [0.5, 0.6) is 0 Å². The van der Waals surface area contributed by atoms with Crippen molar-refractivity contribution in [2.75, 3.05) is 82.1 Å². The van der Waals surface area contributed by atoms with Crippen LogP contribution in [0, 0.1) is 40.9 Å². The lowest BCUT2D eigenvalue weighted by atomic mass is 9.58. The van der Waals surface area contributed by atoms with Gasteiger partial charge in [-0.25, -0.2) is 8.78 Å². The zero-order valence-corrected chi connectivity index (χ0v) is 66.9. The van der Waals surface area contributed by atoms with Crippen LogP contribution in [0.3, 0.4) is 0 Å². The number of likely N-dealkylation sites (N-methyl/N-ethyl adjacent to an activating group) is 6. The first-order chi connectivity index (χ1) is 50.7. The van der Waals surface area contributed by atoms with Gasteiger partial charge in [0.1, 0.15) is 78.7 Å².